The van der Waals surface area contributed by atoms with Gasteiger partial charge in [-0.1, -0.05) is 6.07 Å². The summed E-state index contributed by atoms with van der Waals surface area (Å²) in [5.74, 6) is 0. The van der Waals surface area contributed by atoms with Crippen molar-refractivity contribution in [1.82, 2.24) is 0 Å². The number of hydrogen-bond acceptors (Lipinski definition) is 8. The monoisotopic (exact) mass is 409 g/mol. The van der Waals surface area contributed by atoms with E-state index < -0.39 is 59.7 Å². The van der Waals surface area contributed by atoms with Gasteiger partial charge in [-0.05, 0) is 12.1 Å². The third-order valence-corrected chi connectivity index (χ3v) is 6.85. The van der Waals surface area contributed by atoms with E-state index >= 15 is 0 Å². The van der Waals surface area contributed by atoms with Gasteiger partial charge in [-0.2, -0.15) is 16.8 Å². The fraction of sp³-hybridized carbons (Fsp3) is 0. The van der Waals surface area contributed by atoms with Crippen molar-refractivity contribution in [2.75, 3.05) is 3.71 Å². The van der Waals surface area contributed by atoms with Gasteiger partial charge in [0.1, 0.15) is 9.79 Å². The van der Waals surface area contributed by atoms with Crippen molar-refractivity contribution in [2.45, 2.75) is 9.79 Å². The third-order valence-electron chi connectivity index (χ3n) is 2.21. The molecule has 0 amide bonds. The van der Waals surface area contributed by atoms with Crippen LogP contribution in [0.15, 0.2) is 28.0 Å². The van der Waals surface area contributed by atoms with Crippen LogP contribution in [0.1, 0.15) is 0 Å². The molecule has 23 heavy (non-hydrogen) atoms. The number of primary sulfonamides is 2. The van der Waals surface area contributed by atoms with Gasteiger partial charge in [-0.25, -0.2) is 37.4 Å². The summed E-state index contributed by atoms with van der Waals surface area (Å²) in [6.07, 6.45) is 0. The summed E-state index contributed by atoms with van der Waals surface area (Å²) in [5.41, 5.74) is -1.22. The first-order valence-electron chi connectivity index (χ1n) is 5.02. The van der Waals surface area contributed by atoms with E-state index in [9.17, 15) is 33.7 Å². The molecular formula is C6H11N5O8S4. The number of rotatable bonds is 5. The van der Waals surface area contributed by atoms with Crippen LogP contribution in [0.5, 0.6) is 0 Å². The van der Waals surface area contributed by atoms with Crippen LogP contribution < -0.4 is 24.3 Å². The average molecular weight is 409 g/mol. The number of hydrogen-bond donors (Lipinski definition) is 4. The van der Waals surface area contributed by atoms with E-state index in [1.165, 1.54) is 0 Å². The van der Waals surface area contributed by atoms with Crippen molar-refractivity contribution in [2.24, 2.45) is 20.6 Å². The van der Waals surface area contributed by atoms with Crippen molar-refractivity contribution >= 4 is 46.2 Å². The highest BCUT2D eigenvalue weighted by molar-refractivity contribution is 8.08. The maximum Gasteiger partial charge on any atom is 0.313 e. The van der Waals surface area contributed by atoms with Crippen LogP contribution in [0.25, 0.3) is 0 Å². The summed E-state index contributed by atoms with van der Waals surface area (Å²) >= 11 is 0. The molecule has 1 aromatic carbocycles. The largest absolute Gasteiger partial charge is 0.313 e. The highest BCUT2D eigenvalue weighted by atomic mass is 32.3. The summed E-state index contributed by atoms with van der Waals surface area (Å²) in [6, 6.07) is 2.10. The van der Waals surface area contributed by atoms with Crippen LogP contribution >= 0.6 is 0 Å². The quantitative estimate of drug-likeness (QED) is 0.374. The van der Waals surface area contributed by atoms with Crippen LogP contribution in [0, 0.1) is 0 Å². The number of anilines is 1. The van der Waals surface area contributed by atoms with Gasteiger partial charge in [-0.15, -0.1) is 3.71 Å². The lowest BCUT2D eigenvalue weighted by molar-refractivity contribution is 0.580. The predicted octanol–water partition coefficient (Wildman–Crippen LogP) is -3.81. The molecular weight excluding hydrogens is 398 g/mol. The van der Waals surface area contributed by atoms with Crippen molar-refractivity contribution in [3.8, 4) is 0 Å². The Bertz CT molecular complexity index is 1020. The fourth-order valence-electron chi connectivity index (χ4n) is 1.58. The molecule has 13 nitrogen and oxygen atoms in total. The second-order valence-corrected chi connectivity index (χ2v) is 10.0. The third kappa shape index (κ3) is 4.35. The van der Waals surface area contributed by atoms with Crippen LogP contribution in [0.3, 0.4) is 0 Å². The zero-order valence-electron chi connectivity index (χ0n) is 10.9. The SMILES string of the molecule is NS(=O)(=O)c1cccc(N(S(N)(=O)=O)S(N)(=O)=O)c1S(N)(=O)=O. The molecule has 1 rings (SSSR count). The average Bonchev–Trinajstić information content (AvgIpc) is 2.21. The topological polar surface area (TPSA) is 244 Å². The Morgan fingerprint density at radius 3 is 1.43 bits per heavy atom. The van der Waals surface area contributed by atoms with Gasteiger partial charge in [0.05, 0.1) is 5.69 Å². The summed E-state index contributed by atoms with van der Waals surface area (Å²) in [4.78, 5) is -2.54. The Morgan fingerprint density at radius 1 is 0.696 bits per heavy atom. The summed E-state index contributed by atoms with van der Waals surface area (Å²) in [7, 11) is -20.0. The minimum atomic E-state index is -5.16. The first-order chi connectivity index (χ1) is 9.97. The Balaban J connectivity index is 4.17. The molecule has 0 aliphatic carbocycles. The molecule has 132 valence electrons. The second-order valence-electron chi connectivity index (χ2n) is 3.98. The zero-order chi connectivity index (χ0) is 18.4. The van der Waals surface area contributed by atoms with Gasteiger partial charge in [0.15, 0.2) is 0 Å². The van der Waals surface area contributed by atoms with E-state index in [4.69, 9.17) is 20.6 Å². The minimum Gasteiger partial charge on any atom is -0.225 e. The number of benzene rings is 1. The molecule has 0 spiro atoms. The molecule has 0 radical (unpaired) electrons. The summed E-state index contributed by atoms with van der Waals surface area (Å²) in [6.45, 7) is 0. The Kier molecular flexibility index (Phi) is 4.82. The molecule has 0 saturated carbocycles. The minimum absolute atomic E-state index is 0.614. The number of nitrogens with zero attached hydrogens (tertiary/aromatic N) is 1. The van der Waals surface area contributed by atoms with Gasteiger partial charge in [0, 0.05) is 0 Å². The molecule has 0 fully saturated rings. The number of sulfonamides is 2. The second kappa shape index (κ2) is 5.63. The fourth-order valence-corrected chi connectivity index (χ4v) is 5.83. The van der Waals surface area contributed by atoms with Crippen LogP contribution in [-0.4, -0.2) is 33.7 Å². The highest BCUT2D eigenvalue weighted by Gasteiger charge is 2.36. The molecule has 0 aliphatic rings. The summed E-state index contributed by atoms with van der Waals surface area (Å²) in [5, 5.41) is 19.0. The molecule has 0 atom stereocenters. The van der Waals surface area contributed by atoms with Gasteiger partial charge >= 0.3 is 20.4 Å². The van der Waals surface area contributed by atoms with E-state index in [-0.39, 0.29) is 0 Å². The van der Waals surface area contributed by atoms with Gasteiger partial charge in [0.25, 0.3) is 0 Å². The van der Waals surface area contributed by atoms with E-state index in [1.54, 1.807) is 0 Å². The van der Waals surface area contributed by atoms with Crippen molar-refractivity contribution in [3.05, 3.63) is 18.2 Å². The molecule has 1 aromatic rings. The smallest absolute Gasteiger partial charge is 0.225 e. The van der Waals surface area contributed by atoms with E-state index in [0.29, 0.717) is 12.1 Å². The van der Waals surface area contributed by atoms with E-state index in [1.807, 2.05) is 0 Å². The lowest BCUT2D eigenvalue weighted by Gasteiger charge is -2.21. The molecule has 0 heterocycles. The van der Waals surface area contributed by atoms with Crippen molar-refractivity contribution in [3.63, 3.8) is 0 Å². The first kappa shape index (κ1) is 19.7. The molecule has 0 aromatic heterocycles. The molecule has 0 aliphatic heterocycles. The Morgan fingerprint density at radius 2 is 1.13 bits per heavy atom. The highest BCUT2D eigenvalue weighted by Crippen LogP contribution is 2.32. The van der Waals surface area contributed by atoms with Gasteiger partial charge in [-0.3, -0.25) is 0 Å². The lowest BCUT2D eigenvalue weighted by Crippen LogP contribution is -2.46. The molecule has 17 heteroatoms. The van der Waals surface area contributed by atoms with Crippen LogP contribution in [0.4, 0.5) is 5.69 Å². The molecule has 0 bridgehead atoms. The van der Waals surface area contributed by atoms with E-state index in [2.05, 4.69) is 0 Å². The van der Waals surface area contributed by atoms with Crippen molar-refractivity contribution < 1.29 is 33.7 Å². The standard InChI is InChI=1S/C6H11N5O8S4/c7-20(12,13)5-3-1-2-4(6(5)21(8,14)15)11(22(9,16)17)23(10,18)19/h1-3H,(H2,7,12,13)(H2,8,14,15)(H2,9,16,17)(H2,10,18,19). The lowest BCUT2D eigenvalue weighted by atomic mass is 10.3. The van der Waals surface area contributed by atoms with Crippen molar-refractivity contribution in [1.29, 1.82) is 0 Å². The normalized spacial score (nSPS) is 13.7. The Labute approximate surface area is 132 Å². The zero-order valence-corrected chi connectivity index (χ0v) is 14.2. The maximum absolute atomic E-state index is 11.6. The van der Waals surface area contributed by atoms with E-state index in [0.717, 1.165) is 6.07 Å². The van der Waals surface area contributed by atoms with Crippen LogP contribution in [0.2, 0.25) is 0 Å². The first-order valence-corrected chi connectivity index (χ1v) is 11.1. The van der Waals surface area contributed by atoms with Crippen LogP contribution in [-0.2, 0) is 40.5 Å². The maximum atomic E-state index is 11.6. The molecule has 0 unspecified atom stereocenters. The van der Waals surface area contributed by atoms with Gasteiger partial charge in [0.2, 0.25) is 20.0 Å². The Hall–Kier alpha value is -1.34. The van der Waals surface area contributed by atoms with Gasteiger partial charge < -0.3 is 0 Å². The molecule has 8 N–H and O–H groups in total. The molecule has 0 saturated heterocycles. The predicted molar refractivity (Wildman–Crippen MR) is 77.9 cm³/mol. The number of nitrogens with two attached hydrogens (primary N) is 4. The summed E-state index contributed by atoms with van der Waals surface area (Å²) < 4.78 is 91.3.